The Morgan fingerprint density at radius 2 is 1.85 bits per heavy atom. The minimum atomic E-state index is -0.370. The highest BCUT2D eigenvalue weighted by Crippen LogP contribution is 2.21. The van der Waals surface area contributed by atoms with Gasteiger partial charge in [0.1, 0.15) is 6.54 Å². The van der Waals surface area contributed by atoms with Gasteiger partial charge in [-0.2, -0.15) is 5.10 Å². The van der Waals surface area contributed by atoms with Crippen molar-refractivity contribution in [3.8, 4) is 11.3 Å². The van der Waals surface area contributed by atoms with E-state index in [-0.39, 0.29) is 18.0 Å². The van der Waals surface area contributed by atoms with Gasteiger partial charge in [0.15, 0.2) is 0 Å². The highest BCUT2D eigenvalue weighted by Gasteiger charge is 2.10. The number of hydrogen-bond acceptors (Lipinski definition) is 3. The minimum Gasteiger partial charge on any atom is -0.323 e. The summed E-state index contributed by atoms with van der Waals surface area (Å²) < 4.78 is 1.15. The SMILES string of the molecule is Cc1ccc(-c2ccc(=O)n(CC(=O)Nc3ccccc3Cl)n2)cc1C. The topological polar surface area (TPSA) is 64.0 Å². The molecule has 1 N–H and O–H groups in total. The fourth-order valence-electron chi connectivity index (χ4n) is 2.51. The molecule has 0 fully saturated rings. The van der Waals surface area contributed by atoms with Gasteiger partial charge >= 0.3 is 0 Å². The van der Waals surface area contributed by atoms with Crippen molar-refractivity contribution in [3.05, 3.63) is 81.1 Å². The fourth-order valence-corrected chi connectivity index (χ4v) is 2.69. The molecule has 0 spiro atoms. The number of aromatic nitrogens is 2. The van der Waals surface area contributed by atoms with Crippen LogP contribution in [-0.4, -0.2) is 15.7 Å². The van der Waals surface area contributed by atoms with Gasteiger partial charge in [-0.25, -0.2) is 4.68 Å². The van der Waals surface area contributed by atoms with Crippen LogP contribution < -0.4 is 10.9 Å². The lowest BCUT2D eigenvalue weighted by atomic mass is 10.0. The predicted molar refractivity (Wildman–Crippen MR) is 103 cm³/mol. The quantitative estimate of drug-likeness (QED) is 0.762. The molecule has 0 aliphatic heterocycles. The van der Waals surface area contributed by atoms with E-state index in [0.717, 1.165) is 15.8 Å². The van der Waals surface area contributed by atoms with Gasteiger partial charge in [-0.15, -0.1) is 0 Å². The Kier molecular flexibility index (Phi) is 5.19. The van der Waals surface area contributed by atoms with Gasteiger partial charge in [-0.05, 0) is 49.2 Å². The maximum absolute atomic E-state index is 12.3. The van der Waals surface area contributed by atoms with E-state index in [1.807, 2.05) is 32.0 Å². The number of anilines is 1. The maximum Gasteiger partial charge on any atom is 0.267 e. The van der Waals surface area contributed by atoms with E-state index in [1.54, 1.807) is 30.3 Å². The van der Waals surface area contributed by atoms with Crippen molar-refractivity contribution < 1.29 is 4.79 Å². The molecule has 0 aliphatic carbocycles. The van der Waals surface area contributed by atoms with Crippen LogP contribution in [0.4, 0.5) is 5.69 Å². The fraction of sp³-hybridized carbons (Fsp3) is 0.150. The van der Waals surface area contributed by atoms with Crippen LogP contribution in [0.5, 0.6) is 0 Å². The van der Waals surface area contributed by atoms with Crippen LogP contribution in [0.2, 0.25) is 5.02 Å². The molecule has 0 saturated heterocycles. The summed E-state index contributed by atoms with van der Waals surface area (Å²) in [7, 11) is 0. The van der Waals surface area contributed by atoms with Gasteiger partial charge in [-0.1, -0.05) is 35.9 Å². The van der Waals surface area contributed by atoms with Crippen LogP contribution in [0.3, 0.4) is 0 Å². The number of amides is 1. The van der Waals surface area contributed by atoms with Crippen molar-refractivity contribution in [1.82, 2.24) is 9.78 Å². The molecule has 0 radical (unpaired) electrons. The zero-order valence-electron chi connectivity index (χ0n) is 14.5. The number of hydrogen-bond donors (Lipinski definition) is 1. The average Bonchev–Trinajstić information content (AvgIpc) is 2.61. The summed E-state index contributed by atoms with van der Waals surface area (Å²) in [4.78, 5) is 24.3. The monoisotopic (exact) mass is 367 g/mol. The van der Waals surface area contributed by atoms with Gasteiger partial charge in [0.2, 0.25) is 5.91 Å². The summed E-state index contributed by atoms with van der Waals surface area (Å²) in [5.41, 5.74) is 4.01. The molecule has 0 aliphatic rings. The summed E-state index contributed by atoms with van der Waals surface area (Å²) in [5.74, 6) is -0.370. The zero-order valence-corrected chi connectivity index (χ0v) is 15.2. The summed E-state index contributed by atoms with van der Waals surface area (Å²) in [6, 6.07) is 16.0. The largest absolute Gasteiger partial charge is 0.323 e. The number of carbonyl (C=O) groups is 1. The van der Waals surface area contributed by atoms with E-state index in [1.165, 1.54) is 11.6 Å². The van der Waals surface area contributed by atoms with Gasteiger partial charge in [0, 0.05) is 11.6 Å². The number of aryl methyl sites for hydroxylation is 2. The first-order chi connectivity index (χ1) is 12.4. The smallest absolute Gasteiger partial charge is 0.267 e. The zero-order chi connectivity index (χ0) is 18.7. The molecule has 1 heterocycles. The molecule has 0 saturated carbocycles. The van der Waals surface area contributed by atoms with E-state index in [2.05, 4.69) is 10.4 Å². The molecule has 2 aromatic carbocycles. The van der Waals surface area contributed by atoms with Gasteiger partial charge in [-0.3, -0.25) is 9.59 Å². The molecule has 1 amide bonds. The molecule has 6 heteroatoms. The third kappa shape index (κ3) is 4.00. The Balaban J connectivity index is 1.84. The van der Waals surface area contributed by atoms with Crippen LogP contribution in [0, 0.1) is 13.8 Å². The number of benzene rings is 2. The normalized spacial score (nSPS) is 10.6. The Bertz CT molecular complexity index is 1030. The second kappa shape index (κ2) is 7.54. The van der Waals surface area contributed by atoms with Gasteiger partial charge in [0.25, 0.3) is 5.56 Å². The molecule has 0 atom stereocenters. The Morgan fingerprint density at radius 1 is 1.08 bits per heavy atom. The summed E-state index contributed by atoms with van der Waals surface area (Å²) in [6.07, 6.45) is 0. The van der Waals surface area contributed by atoms with Crippen molar-refractivity contribution in [1.29, 1.82) is 0 Å². The summed E-state index contributed by atoms with van der Waals surface area (Å²) in [6.45, 7) is 3.86. The van der Waals surface area contributed by atoms with E-state index in [9.17, 15) is 9.59 Å². The number of para-hydroxylation sites is 1. The maximum atomic E-state index is 12.3. The third-order valence-electron chi connectivity index (χ3n) is 4.11. The standard InChI is InChI=1S/C20H18ClN3O2/c1-13-7-8-15(11-14(13)2)17-9-10-20(26)24(23-17)12-19(25)22-18-6-4-3-5-16(18)21/h3-11H,12H2,1-2H3,(H,22,25). The van der Waals surface area contributed by atoms with Crippen molar-refractivity contribution in [2.45, 2.75) is 20.4 Å². The summed E-state index contributed by atoms with van der Waals surface area (Å²) in [5, 5.41) is 7.45. The van der Waals surface area contributed by atoms with E-state index in [0.29, 0.717) is 16.4 Å². The lowest BCUT2D eigenvalue weighted by Gasteiger charge is -2.10. The number of rotatable bonds is 4. The molecule has 132 valence electrons. The molecule has 0 unspecified atom stereocenters. The average molecular weight is 368 g/mol. The molecule has 1 aromatic heterocycles. The Labute approximate surface area is 156 Å². The van der Waals surface area contributed by atoms with Gasteiger partial charge in [0.05, 0.1) is 16.4 Å². The first kappa shape index (κ1) is 17.9. The van der Waals surface area contributed by atoms with E-state index < -0.39 is 0 Å². The number of nitrogens with zero attached hydrogens (tertiary/aromatic N) is 2. The minimum absolute atomic E-state index is 0.192. The Hall–Kier alpha value is -2.92. The second-order valence-electron chi connectivity index (χ2n) is 6.04. The molecule has 5 nitrogen and oxygen atoms in total. The molecule has 3 aromatic rings. The van der Waals surface area contributed by atoms with E-state index in [4.69, 9.17) is 11.6 Å². The second-order valence-corrected chi connectivity index (χ2v) is 6.45. The molecule has 3 rings (SSSR count). The molecule has 0 bridgehead atoms. The van der Waals surface area contributed by atoms with Crippen LogP contribution in [0.1, 0.15) is 11.1 Å². The first-order valence-corrected chi connectivity index (χ1v) is 8.52. The van der Waals surface area contributed by atoms with Crippen molar-refractivity contribution >= 4 is 23.2 Å². The Morgan fingerprint density at radius 3 is 2.58 bits per heavy atom. The van der Waals surface area contributed by atoms with Gasteiger partial charge < -0.3 is 5.32 Å². The summed E-state index contributed by atoms with van der Waals surface area (Å²) >= 11 is 6.04. The first-order valence-electron chi connectivity index (χ1n) is 8.14. The van der Waals surface area contributed by atoms with Crippen LogP contribution in [0.25, 0.3) is 11.3 Å². The lowest BCUT2D eigenvalue weighted by molar-refractivity contribution is -0.117. The van der Waals surface area contributed by atoms with E-state index >= 15 is 0 Å². The van der Waals surface area contributed by atoms with Crippen LogP contribution >= 0.6 is 11.6 Å². The lowest BCUT2D eigenvalue weighted by Crippen LogP contribution is -2.29. The number of halogens is 1. The highest BCUT2D eigenvalue weighted by molar-refractivity contribution is 6.33. The van der Waals surface area contributed by atoms with Crippen molar-refractivity contribution in [2.75, 3.05) is 5.32 Å². The van der Waals surface area contributed by atoms with Crippen molar-refractivity contribution in [3.63, 3.8) is 0 Å². The third-order valence-corrected chi connectivity index (χ3v) is 4.44. The number of nitrogens with one attached hydrogen (secondary N) is 1. The molecular formula is C20H18ClN3O2. The predicted octanol–water partition coefficient (Wildman–Crippen LogP) is 3.82. The van der Waals surface area contributed by atoms with Crippen LogP contribution in [0.15, 0.2) is 59.4 Å². The van der Waals surface area contributed by atoms with Crippen molar-refractivity contribution in [2.24, 2.45) is 0 Å². The molecule has 26 heavy (non-hydrogen) atoms. The highest BCUT2D eigenvalue weighted by atomic mass is 35.5. The number of carbonyl (C=O) groups excluding carboxylic acids is 1. The van der Waals surface area contributed by atoms with Crippen LogP contribution in [-0.2, 0) is 11.3 Å². The molecular weight excluding hydrogens is 350 g/mol.